The molecule has 0 aliphatic rings. The molecule has 4 nitrogen and oxygen atoms in total. The van der Waals surface area contributed by atoms with Gasteiger partial charge < -0.3 is 4.74 Å². The molecule has 0 amide bonds. The van der Waals surface area contributed by atoms with Gasteiger partial charge in [-0.1, -0.05) is 11.6 Å². The van der Waals surface area contributed by atoms with E-state index in [0.717, 1.165) is 6.26 Å². The summed E-state index contributed by atoms with van der Waals surface area (Å²) in [7, 11) is -3.28. The fraction of sp³-hybridized carbons (Fsp3) is 0.0714. The summed E-state index contributed by atoms with van der Waals surface area (Å²) in [5.41, 5.74) is 0.271. The Kier molecular flexibility index (Phi) is 4.11. The number of sulfone groups is 1. The molecule has 0 radical (unpaired) electrons. The van der Waals surface area contributed by atoms with Crippen LogP contribution in [0.4, 0.5) is 0 Å². The predicted molar refractivity (Wildman–Crippen MR) is 76.0 cm³/mol. The molecule has 2 aromatic rings. The summed E-state index contributed by atoms with van der Waals surface area (Å²) in [6, 6.07) is 11.9. The lowest BCUT2D eigenvalue weighted by molar-refractivity contribution is 0.0734. The molecular weight excluding hydrogens is 300 g/mol. The number of rotatable bonds is 3. The first-order chi connectivity index (χ1) is 9.36. The van der Waals surface area contributed by atoms with Gasteiger partial charge in [0.1, 0.15) is 5.75 Å². The lowest BCUT2D eigenvalue weighted by Crippen LogP contribution is -2.08. The summed E-state index contributed by atoms with van der Waals surface area (Å²) in [5, 5.41) is 0.544. The van der Waals surface area contributed by atoms with Gasteiger partial charge in [0.2, 0.25) is 0 Å². The highest BCUT2D eigenvalue weighted by atomic mass is 35.5. The van der Waals surface area contributed by atoms with E-state index in [1.54, 1.807) is 24.3 Å². The monoisotopic (exact) mass is 310 g/mol. The summed E-state index contributed by atoms with van der Waals surface area (Å²) in [6.45, 7) is 0. The second-order valence-corrected chi connectivity index (χ2v) is 6.59. The molecule has 0 atom stereocenters. The van der Waals surface area contributed by atoms with Gasteiger partial charge in [0.05, 0.1) is 10.5 Å². The molecule has 0 heterocycles. The molecule has 0 bridgehead atoms. The van der Waals surface area contributed by atoms with Crippen molar-refractivity contribution in [2.24, 2.45) is 0 Å². The smallest absolute Gasteiger partial charge is 0.343 e. The van der Waals surface area contributed by atoms with Gasteiger partial charge in [0, 0.05) is 11.3 Å². The van der Waals surface area contributed by atoms with E-state index in [-0.39, 0.29) is 10.5 Å². The third kappa shape index (κ3) is 3.59. The topological polar surface area (TPSA) is 60.4 Å². The van der Waals surface area contributed by atoms with E-state index < -0.39 is 15.8 Å². The zero-order chi connectivity index (χ0) is 14.8. The minimum atomic E-state index is -3.28. The molecule has 0 saturated heterocycles. The van der Waals surface area contributed by atoms with E-state index in [9.17, 15) is 13.2 Å². The highest BCUT2D eigenvalue weighted by Gasteiger charge is 2.11. The number of halogens is 1. The second kappa shape index (κ2) is 5.64. The van der Waals surface area contributed by atoms with E-state index in [1.165, 1.54) is 24.3 Å². The van der Waals surface area contributed by atoms with Crippen LogP contribution in [0.25, 0.3) is 0 Å². The molecular formula is C14H11ClO4S. The van der Waals surface area contributed by atoms with Gasteiger partial charge in [-0.15, -0.1) is 0 Å². The van der Waals surface area contributed by atoms with Crippen LogP contribution in [0.5, 0.6) is 5.75 Å². The zero-order valence-electron chi connectivity index (χ0n) is 10.5. The number of hydrogen-bond acceptors (Lipinski definition) is 4. The first kappa shape index (κ1) is 14.6. The molecule has 0 fully saturated rings. The van der Waals surface area contributed by atoms with Gasteiger partial charge in [0.15, 0.2) is 9.84 Å². The minimum Gasteiger partial charge on any atom is -0.423 e. The number of esters is 1. The molecule has 20 heavy (non-hydrogen) atoms. The van der Waals surface area contributed by atoms with E-state index in [0.29, 0.717) is 10.8 Å². The zero-order valence-corrected chi connectivity index (χ0v) is 12.1. The Balaban J connectivity index is 2.15. The Hall–Kier alpha value is -1.85. The Morgan fingerprint density at radius 1 is 1.00 bits per heavy atom. The van der Waals surface area contributed by atoms with Crippen LogP contribution in [-0.2, 0) is 9.84 Å². The van der Waals surface area contributed by atoms with Gasteiger partial charge in [-0.2, -0.15) is 0 Å². The third-order valence-corrected chi connectivity index (χ3v) is 3.92. The molecule has 0 aromatic heterocycles. The SMILES string of the molecule is CS(=O)(=O)c1ccc(C(=O)Oc2ccc(Cl)cc2)cc1. The molecule has 2 aromatic carbocycles. The predicted octanol–water partition coefficient (Wildman–Crippen LogP) is 2.96. The largest absolute Gasteiger partial charge is 0.423 e. The maximum atomic E-state index is 11.9. The lowest BCUT2D eigenvalue weighted by atomic mass is 10.2. The molecule has 0 aliphatic carbocycles. The molecule has 6 heteroatoms. The summed E-state index contributed by atoms with van der Waals surface area (Å²) >= 11 is 5.73. The summed E-state index contributed by atoms with van der Waals surface area (Å²) in [5.74, 6) is -0.195. The van der Waals surface area contributed by atoms with Crippen molar-refractivity contribution in [3.8, 4) is 5.75 Å². The van der Waals surface area contributed by atoms with Crippen LogP contribution in [-0.4, -0.2) is 20.6 Å². The van der Waals surface area contributed by atoms with Gasteiger partial charge in [-0.3, -0.25) is 0 Å². The Morgan fingerprint density at radius 2 is 1.55 bits per heavy atom. The molecule has 0 aliphatic heterocycles. The number of carbonyl (C=O) groups excluding carboxylic acids is 1. The second-order valence-electron chi connectivity index (χ2n) is 4.14. The maximum absolute atomic E-state index is 11.9. The standard InChI is InChI=1S/C14H11ClO4S/c1-20(17,18)13-8-2-10(3-9-13)14(16)19-12-6-4-11(15)5-7-12/h2-9H,1H3. The van der Waals surface area contributed by atoms with Crippen molar-refractivity contribution in [2.45, 2.75) is 4.90 Å². The molecule has 0 spiro atoms. The van der Waals surface area contributed by atoms with Crippen LogP contribution in [0.3, 0.4) is 0 Å². The molecule has 0 saturated carbocycles. The van der Waals surface area contributed by atoms with E-state index >= 15 is 0 Å². The van der Waals surface area contributed by atoms with Crippen LogP contribution in [0.15, 0.2) is 53.4 Å². The van der Waals surface area contributed by atoms with Crippen LogP contribution < -0.4 is 4.74 Å². The Bertz CT molecular complexity index is 719. The van der Waals surface area contributed by atoms with E-state index in [2.05, 4.69) is 0 Å². The fourth-order valence-electron chi connectivity index (χ4n) is 1.51. The van der Waals surface area contributed by atoms with Crippen molar-refractivity contribution < 1.29 is 17.9 Å². The minimum absolute atomic E-state index is 0.153. The van der Waals surface area contributed by atoms with Crippen LogP contribution >= 0.6 is 11.6 Å². The quantitative estimate of drug-likeness (QED) is 0.646. The van der Waals surface area contributed by atoms with Gasteiger partial charge in [-0.25, -0.2) is 13.2 Å². The highest BCUT2D eigenvalue weighted by Crippen LogP contribution is 2.17. The average molecular weight is 311 g/mol. The number of carbonyl (C=O) groups is 1. The van der Waals surface area contributed by atoms with Crippen molar-refractivity contribution in [1.29, 1.82) is 0 Å². The van der Waals surface area contributed by atoms with E-state index in [1.807, 2.05) is 0 Å². The van der Waals surface area contributed by atoms with E-state index in [4.69, 9.17) is 16.3 Å². The summed E-state index contributed by atoms with van der Waals surface area (Å²) in [4.78, 5) is 12.0. The molecule has 0 unspecified atom stereocenters. The van der Waals surface area contributed by atoms with Gasteiger partial charge in [-0.05, 0) is 48.5 Å². The van der Waals surface area contributed by atoms with Crippen LogP contribution in [0.1, 0.15) is 10.4 Å². The highest BCUT2D eigenvalue weighted by molar-refractivity contribution is 7.90. The lowest BCUT2D eigenvalue weighted by Gasteiger charge is -2.05. The maximum Gasteiger partial charge on any atom is 0.343 e. The third-order valence-electron chi connectivity index (χ3n) is 2.54. The molecule has 104 valence electrons. The molecule has 0 N–H and O–H groups in total. The van der Waals surface area contributed by atoms with Crippen LogP contribution in [0, 0.1) is 0 Å². The van der Waals surface area contributed by atoms with Crippen molar-refractivity contribution in [3.05, 3.63) is 59.1 Å². The first-order valence-electron chi connectivity index (χ1n) is 5.64. The van der Waals surface area contributed by atoms with Crippen molar-refractivity contribution in [1.82, 2.24) is 0 Å². The first-order valence-corrected chi connectivity index (χ1v) is 7.91. The molecule has 2 rings (SSSR count). The summed E-state index contributed by atoms with van der Waals surface area (Å²) in [6.07, 6.45) is 1.11. The van der Waals surface area contributed by atoms with Gasteiger partial charge in [0.25, 0.3) is 0 Å². The van der Waals surface area contributed by atoms with Gasteiger partial charge >= 0.3 is 5.97 Å². The van der Waals surface area contributed by atoms with Crippen molar-refractivity contribution >= 4 is 27.4 Å². The summed E-state index contributed by atoms with van der Waals surface area (Å²) < 4.78 is 27.8. The van der Waals surface area contributed by atoms with Crippen molar-refractivity contribution in [3.63, 3.8) is 0 Å². The van der Waals surface area contributed by atoms with Crippen molar-refractivity contribution in [2.75, 3.05) is 6.26 Å². The number of hydrogen-bond donors (Lipinski definition) is 0. The normalized spacial score (nSPS) is 11.1. The average Bonchev–Trinajstić information content (AvgIpc) is 2.40. The number of ether oxygens (including phenoxy) is 1. The number of benzene rings is 2. The fourth-order valence-corrected chi connectivity index (χ4v) is 2.26. The Labute approximate surface area is 121 Å². The Morgan fingerprint density at radius 3 is 2.05 bits per heavy atom. The van der Waals surface area contributed by atoms with Crippen LogP contribution in [0.2, 0.25) is 5.02 Å².